The summed E-state index contributed by atoms with van der Waals surface area (Å²) >= 11 is 0. The maximum absolute atomic E-state index is 5.27. The van der Waals surface area contributed by atoms with Gasteiger partial charge in [0.15, 0.2) is 0 Å². The molecule has 0 atom stereocenters. The van der Waals surface area contributed by atoms with Gasteiger partial charge in [-0.3, -0.25) is 0 Å². The molecule has 0 radical (unpaired) electrons. The Kier molecular flexibility index (Phi) is 6.12. The van der Waals surface area contributed by atoms with Crippen LogP contribution >= 0.6 is 0 Å². The average molecular weight is 371 g/mol. The Balaban J connectivity index is 1.81. The van der Waals surface area contributed by atoms with Crippen LogP contribution in [0.1, 0.15) is 22.3 Å². The molecule has 0 fully saturated rings. The minimum atomic E-state index is 0.536. The quantitative estimate of drug-likeness (QED) is 0.717. The molecule has 0 spiro atoms. The molecule has 2 aromatic rings. The zero-order chi connectivity index (χ0) is 19.9. The topological polar surface area (TPSA) is 45.7 Å². The van der Waals surface area contributed by atoms with Crippen LogP contribution in [0.3, 0.4) is 0 Å². The molecule has 4 heteroatoms. The number of rotatable bonds is 6. The number of guanidine groups is 1. The van der Waals surface area contributed by atoms with Gasteiger partial charge in [0.25, 0.3) is 0 Å². The SMILES string of the molecule is C=C/C=C\c1cc(C2=CC(=C)NC(=NCc3cccc(OC)c3)N2)ccc1C. The van der Waals surface area contributed by atoms with Gasteiger partial charge in [0, 0.05) is 5.70 Å². The highest BCUT2D eigenvalue weighted by atomic mass is 16.5. The summed E-state index contributed by atoms with van der Waals surface area (Å²) in [6.45, 7) is 10.4. The number of hydrogen-bond acceptors (Lipinski definition) is 2. The second-order valence-corrected chi connectivity index (χ2v) is 6.52. The third kappa shape index (κ3) is 4.80. The van der Waals surface area contributed by atoms with Crippen LogP contribution in [0.25, 0.3) is 11.8 Å². The molecule has 0 saturated carbocycles. The Hall–Kier alpha value is -3.53. The summed E-state index contributed by atoms with van der Waals surface area (Å²) in [7, 11) is 1.66. The van der Waals surface area contributed by atoms with Gasteiger partial charge < -0.3 is 15.4 Å². The van der Waals surface area contributed by atoms with Crippen molar-refractivity contribution in [3.05, 3.63) is 102 Å². The van der Waals surface area contributed by atoms with Gasteiger partial charge in [-0.05, 0) is 53.5 Å². The van der Waals surface area contributed by atoms with Crippen LogP contribution in [-0.2, 0) is 6.54 Å². The summed E-state index contributed by atoms with van der Waals surface area (Å²) in [5, 5.41) is 6.55. The van der Waals surface area contributed by atoms with Crippen molar-refractivity contribution in [3.63, 3.8) is 0 Å². The average Bonchev–Trinajstić information content (AvgIpc) is 2.71. The molecular formula is C24H25N3O. The lowest BCUT2D eigenvalue weighted by Crippen LogP contribution is -2.39. The maximum atomic E-state index is 5.27. The van der Waals surface area contributed by atoms with E-state index >= 15 is 0 Å². The van der Waals surface area contributed by atoms with Gasteiger partial charge in [0.2, 0.25) is 5.96 Å². The molecule has 28 heavy (non-hydrogen) atoms. The first-order valence-electron chi connectivity index (χ1n) is 9.11. The van der Waals surface area contributed by atoms with E-state index in [4.69, 9.17) is 4.74 Å². The Morgan fingerprint density at radius 1 is 1.14 bits per heavy atom. The Morgan fingerprint density at radius 3 is 2.79 bits per heavy atom. The van der Waals surface area contributed by atoms with Gasteiger partial charge in [-0.1, -0.05) is 55.7 Å². The van der Waals surface area contributed by atoms with E-state index < -0.39 is 0 Å². The van der Waals surface area contributed by atoms with Gasteiger partial charge >= 0.3 is 0 Å². The number of allylic oxidation sites excluding steroid dienone is 3. The molecule has 2 aromatic carbocycles. The molecule has 142 valence electrons. The van der Waals surface area contributed by atoms with E-state index in [-0.39, 0.29) is 0 Å². The molecule has 1 aliphatic rings. The van der Waals surface area contributed by atoms with Gasteiger partial charge in [-0.2, -0.15) is 0 Å². The third-order valence-electron chi connectivity index (χ3n) is 4.41. The third-order valence-corrected chi connectivity index (χ3v) is 4.41. The minimum absolute atomic E-state index is 0.536. The molecule has 1 aliphatic heterocycles. The summed E-state index contributed by atoms with van der Waals surface area (Å²) in [5.41, 5.74) is 6.26. The van der Waals surface area contributed by atoms with Crippen LogP contribution in [0.2, 0.25) is 0 Å². The van der Waals surface area contributed by atoms with Crippen molar-refractivity contribution in [2.45, 2.75) is 13.5 Å². The highest BCUT2D eigenvalue weighted by Gasteiger charge is 2.13. The molecule has 0 amide bonds. The van der Waals surface area contributed by atoms with Crippen molar-refractivity contribution in [1.82, 2.24) is 10.6 Å². The molecule has 0 saturated heterocycles. The summed E-state index contributed by atoms with van der Waals surface area (Å²) in [5.74, 6) is 1.50. The lowest BCUT2D eigenvalue weighted by Gasteiger charge is -2.22. The largest absolute Gasteiger partial charge is 0.497 e. The normalized spacial score (nSPS) is 15.1. The van der Waals surface area contributed by atoms with E-state index in [0.29, 0.717) is 12.5 Å². The van der Waals surface area contributed by atoms with Crippen molar-refractivity contribution < 1.29 is 4.74 Å². The van der Waals surface area contributed by atoms with Crippen molar-refractivity contribution >= 4 is 17.7 Å². The minimum Gasteiger partial charge on any atom is -0.497 e. The number of nitrogens with zero attached hydrogens (tertiary/aromatic N) is 1. The monoisotopic (exact) mass is 371 g/mol. The number of aryl methyl sites for hydroxylation is 1. The van der Waals surface area contributed by atoms with Crippen molar-refractivity contribution in [2.24, 2.45) is 4.99 Å². The predicted molar refractivity (Wildman–Crippen MR) is 118 cm³/mol. The molecule has 0 unspecified atom stereocenters. The van der Waals surface area contributed by atoms with E-state index in [9.17, 15) is 0 Å². The van der Waals surface area contributed by atoms with Crippen molar-refractivity contribution in [3.8, 4) is 5.75 Å². The number of nitrogens with one attached hydrogen (secondary N) is 2. The van der Waals surface area contributed by atoms with Crippen molar-refractivity contribution in [2.75, 3.05) is 7.11 Å². The zero-order valence-corrected chi connectivity index (χ0v) is 16.3. The lowest BCUT2D eigenvalue weighted by molar-refractivity contribution is 0.414. The number of hydrogen-bond donors (Lipinski definition) is 2. The Morgan fingerprint density at radius 2 is 2.00 bits per heavy atom. The predicted octanol–water partition coefficient (Wildman–Crippen LogP) is 4.81. The molecule has 0 aromatic heterocycles. The second-order valence-electron chi connectivity index (χ2n) is 6.52. The fourth-order valence-corrected chi connectivity index (χ4v) is 2.89. The summed E-state index contributed by atoms with van der Waals surface area (Å²) in [4.78, 5) is 4.65. The molecule has 1 heterocycles. The molecule has 2 N–H and O–H groups in total. The van der Waals surface area contributed by atoms with E-state index in [0.717, 1.165) is 33.8 Å². The molecule has 0 bridgehead atoms. The maximum Gasteiger partial charge on any atom is 0.200 e. The van der Waals surface area contributed by atoms with Crippen LogP contribution in [-0.4, -0.2) is 13.1 Å². The molecule has 3 rings (SSSR count). The van der Waals surface area contributed by atoms with E-state index in [1.54, 1.807) is 13.2 Å². The van der Waals surface area contributed by atoms with Crippen LogP contribution in [0.5, 0.6) is 5.75 Å². The van der Waals surface area contributed by atoms with E-state index in [2.05, 4.69) is 60.0 Å². The van der Waals surface area contributed by atoms with E-state index in [1.807, 2.05) is 36.4 Å². The zero-order valence-electron chi connectivity index (χ0n) is 16.3. The lowest BCUT2D eigenvalue weighted by atomic mass is 10.0. The highest BCUT2D eigenvalue weighted by molar-refractivity contribution is 5.94. The number of aliphatic imine (C=N–C) groups is 1. The van der Waals surface area contributed by atoms with Crippen LogP contribution in [0.15, 0.2) is 84.5 Å². The standard InChI is InChI=1S/C24H25N3O/c1-5-6-9-20-15-21(12-11-17(20)2)23-13-18(3)26-24(27-23)25-16-19-8-7-10-22(14-19)28-4/h5-15H,1,3,16H2,2,4H3,(H2,25,26,27)/b9-6-. The van der Waals surface area contributed by atoms with Gasteiger partial charge in [0.05, 0.1) is 19.4 Å². The highest BCUT2D eigenvalue weighted by Crippen LogP contribution is 2.21. The van der Waals surface area contributed by atoms with Crippen LogP contribution in [0, 0.1) is 6.92 Å². The number of ether oxygens (including phenoxy) is 1. The van der Waals surface area contributed by atoms with Gasteiger partial charge in [0.1, 0.15) is 5.75 Å². The number of methoxy groups -OCH3 is 1. The number of benzene rings is 2. The first kappa shape index (κ1) is 19.2. The smallest absolute Gasteiger partial charge is 0.200 e. The Bertz CT molecular complexity index is 983. The van der Waals surface area contributed by atoms with Gasteiger partial charge in [-0.15, -0.1) is 0 Å². The summed E-state index contributed by atoms with van der Waals surface area (Å²) in [6, 6.07) is 14.2. The fourth-order valence-electron chi connectivity index (χ4n) is 2.89. The van der Waals surface area contributed by atoms with Gasteiger partial charge in [-0.25, -0.2) is 4.99 Å². The summed E-state index contributed by atoms with van der Waals surface area (Å²) < 4.78 is 5.27. The summed E-state index contributed by atoms with van der Waals surface area (Å²) in [6.07, 6.45) is 7.76. The second kappa shape index (κ2) is 8.91. The first-order chi connectivity index (χ1) is 13.6. The first-order valence-corrected chi connectivity index (χ1v) is 9.11. The molecule has 0 aliphatic carbocycles. The fraction of sp³-hybridized carbons (Fsp3) is 0.125. The molecular weight excluding hydrogens is 346 g/mol. The molecule has 4 nitrogen and oxygen atoms in total. The van der Waals surface area contributed by atoms with Crippen LogP contribution in [0.4, 0.5) is 0 Å². The van der Waals surface area contributed by atoms with Crippen molar-refractivity contribution in [1.29, 1.82) is 0 Å². The van der Waals surface area contributed by atoms with E-state index in [1.165, 1.54) is 5.56 Å². The van der Waals surface area contributed by atoms with Crippen LogP contribution < -0.4 is 15.4 Å². The Labute approximate surface area is 166 Å².